The van der Waals surface area contributed by atoms with Crippen molar-refractivity contribution in [1.29, 1.82) is 0 Å². The molecule has 0 bridgehead atoms. The summed E-state index contributed by atoms with van der Waals surface area (Å²) in [5.74, 6) is 0. The van der Waals surface area contributed by atoms with E-state index in [2.05, 4.69) is 138 Å². The molecule has 8 aromatic carbocycles. The molecule has 0 saturated heterocycles. The van der Waals surface area contributed by atoms with Gasteiger partial charge in [0.15, 0.2) is 5.69 Å². The first-order chi connectivity index (χ1) is 22.3. The first-order valence-electron chi connectivity index (χ1n) is 15.2. The fourth-order valence-corrected chi connectivity index (χ4v) is 8.75. The van der Waals surface area contributed by atoms with E-state index in [1.54, 1.807) is 0 Å². The van der Waals surface area contributed by atoms with Crippen LogP contribution in [0.2, 0.25) is 0 Å². The van der Waals surface area contributed by atoms with Crippen LogP contribution >= 0.6 is 11.3 Å². The molecule has 1 aliphatic carbocycles. The Bertz CT molecular complexity index is 2770. The molecule has 1 heterocycles. The molecular weight excluding hydrogens is 563 g/mol. The number of hydrogen-bond donors (Lipinski definition) is 0. The number of benzene rings is 8. The summed E-state index contributed by atoms with van der Waals surface area (Å²) in [6.07, 6.45) is 0. The lowest BCUT2D eigenvalue weighted by atomic mass is 9.91. The number of fused-ring (bicyclic) bond motifs is 9. The highest BCUT2D eigenvalue weighted by Crippen LogP contribution is 2.51. The molecule has 0 radical (unpaired) electrons. The topological polar surface area (TPSA) is 4.36 Å². The first kappa shape index (κ1) is 24.7. The van der Waals surface area contributed by atoms with Crippen molar-refractivity contribution in [2.45, 2.75) is 0 Å². The zero-order valence-electron chi connectivity index (χ0n) is 24.1. The molecule has 1 aliphatic rings. The van der Waals surface area contributed by atoms with E-state index < -0.39 is 0 Å². The smallest absolute Gasteiger partial charge is 0.194 e. The van der Waals surface area contributed by atoms with Crippen LogP contribution in [0.3, 0.4) is 0 Å². The van der Waals surface area contributed by atoms with Crippen LogP contribution in [0, 0.1) is 6.57 Å². The molecule has 0 unspecified atom stereocenters. The van der Waals surface area contributed by atoms with Gasteiger partial charge in [0.05, 0.1) is 6.57 Å². The molecule has 1 nitrogen and oxygen atoms in total. The molecule has 206 valence electrons. The van der Waals surface area contributed by atoms with E-state index in [0.717, 1.165) is 5.39 Å². The summed E-state index contributed by atoms with van der Waals surface area (Å²) in [7, 11) is 0. The number of thiophene rings is 1. The van der Waals surface area contributed by atoms with Crippen LogP contribution in [0.1, 0.15) is 0 Å². The van der Waals surface area contributed by atoms with Gasteiger partial charge < -0.3 is 0 Å². The molecular formula is C43H23NS. The van der Waals surface area contributed by atoms with Gasteiger partial charge >= 0.3 is 0 Å². The van der Waals surface area contributed by atoms with Gasteiger partial charge in [0.1, 0.15) is 0 Å². The molecule has 0 spiro atoms. The van der Waals surface area contributed by atoms with Crippen LogP contribution in [0.15, 0.2) is 140 Å². The molecule has 0 atom stereocenters. The van der Waals surface area contributed by atoms with Crippen LogP contribution < -0.4 is 0 Å². The maximum Gasteiger partial charge on any atom is 0.194 e. The molecule has 2 heteroatoms. The van der Waals surface area contributed by atoms with Gasteiger partial charge in [-0.15, -0.1) is 11.3 Å². The minimum absolute atomic E-state index is 0.716. The van der Waals surface area contributed by atoms with Crippen LogP contribution in [0.25, 0.3) is 102 Å². The Labute approximate surface area is 264 Å². The largest absolute Gasteiger partial charge is 0.238 e. The van der Waals surface area contributed by atoms with Crippen molar-refractivity contribution in [1.82, 2.24) is 0 Å². The van der Waals surface area contributed by atoms with E-state index in [1.807, 2.05) is 17.4 Å². The lowest BCUT2D eigenvalue weighted by Crippen LogP contribution is -1.85. The normalized spacial score (nSPS) is 12.0. The zero-order valence-corrected chi connectivity index (χ0v) is 25.0. The molecule has 0 saturated carbocycles. The lowest BCUT2D eigenvalue weighted by molar-refractivity contribution is 1.66. The second-order valence-corrected chi connectivity index (χ2v) is 13.0. The fourth-order valence-electron chi connectivity index (χ4n) is 7.64. The summed E-state index contributed by atoms with van der Waals surface area (Å²) in [6.45, 7) is 7.69. The second-order valence-electron chi connectivity index (χ2n) is 11.9. The van der Waals surface area contributed by atoms with Crippen molar-refractivity contribution in [3.05, 3.63) is 151 Å². The van der Waals surface area contributed by atoms with E-state index in [1.165, 1.54) is 91.6 Å². The summed E-state index contributed by atoms with van der Waals surface area (Å²) in [5.41, 5.74) is 10.6. The standard InChI is InChI=1S/C43H23NS/c1-44-39-20-19-34-32-18-16-26(23-37(32)33-13-6-14-35(39)42(33)34)29-12-7-15-41-43(29)38-24-27(17-21-40(38)45-41)36-22-25-8-2-3-9-28(25)30-10-4-5-11-31(30)36/h2-24H. The third-order valence-corrected chi connectivity index (χ3v) is 10.8. The van der Waals surface area contributed by atoms with Crippen LogP contribution in [0.4, 0.5) is 5.69 Å². The Kier molecular flexibility index (Phi) is 5.00. The monoisotopic (exact) mass is 585 g/mol. The van der Waals surface area contributed by atoms with Crippen molar-refractivity contribution in [3.8, 4) is 44.5 Å². The van der Waals surface area contributed by atoms with E-state index in [9.17, 15) is 0 Å². The summed E-state index contributed by atoms with van der Waals surface area (Å²) in [4.78, 5) is 3.81. The van der Waals surface area contributed by atoms with Crippen molar-refractivity contribution in [2.75, 3.05) is 0 Å². The highest BCUT2D eigenvalue weighted by atomic mass is 32.1. The predicted octanol–water partition coefficient (Wildman–Crippen LogP) is 13.0. The molecule has 0 aliphatic heterocycles. The van der Waals surface area contributed by atoms with Gasteiger partial charge in [-0.1, -0.05) is 109 Å². The third kappa shape index (κ3) is 3.42. The van der Waals surface area contributed by atoms with Crippen molar-refractivity contribution < 1.29 is 0 Å². The average Bonchev–Trinajstić information content (AvgIpc) is 3.64. The van der Waals surface area contributed by atoms with E-state index in [4.69, 9.17) is 6.57 Å². The van der Waals surface area contributed by atoms with E-state index in [-0.39, 0.29) is 0 Å². The minimum atomic E-state index is 0.716. The SMILES string of the molecule is [C-]#[N+]c1ccc2c3c(cccc13)-c1cc(-c3cccc4sc5ccc(-c6cc7ccccc7c7ccccc67)cc5c34)ccc1-2. The van der Waals surface area contributed by atoms with Crippen molar-refractivity contribution in [3.63, 3.8) is 0 Å². The Morgan fingerprint density at radius 2 is 1.11 bits per heavy atom. The summed E-state index contributed by atoms with van der Waals surface area (Å²) >= 11 is 1.87. The van der Waals surface area contributed by atoms with Gasteiger partial charge in [0.25, 0.3) is 0 Å². The van der Waals surface area contributed by atoms with Gasteiger partial charge in [-0.05, 0) is 107 Å². The van der Waals surface area contributed by atoms with Crippen molar-refractivity contribution in [2.24, 2.45) is 0 Å². The van der Waals surface area contributed by atoms with Gasteiger partial charge in [-0.3, -0.25) is 0 Å². The molecule has 10 rings (SSSR count). The highest BCUT2D eigenvalue weighted by Gasteiger charge is 2.23. The summed E-state index contributed by atoms with van der Waals surface area (Å²) in [6, 6.07) is 50.9. The fraction of sp³-hybridized carbons (Fsp3) is 0. The Hall–Kier alpha value is -5.75. The number of nitrogens with zero attached hydrogens (tertiary/aromatic N) is 1. The highest BCUT2D eigenvalue weighted by molar-refractivity contribution is 7.26. The second kappa shape index (κ2) is 9.13. The molecule has 45 heavy (non-hydrogen) atoms. The molecule has 0 fully saturated rings. The average molecular weight is 586 g/mol. The first-order valence-corrected chi connectivity index (χ1v) is 16.0. The Morgan fingerprint density at radius 1 is 0.400 bits per heavy atom. The summed E-state index contributed by atoms with van der Waals surface area (Å²) in [5, 5.41) is 9.98. The minimum Gasteiger partial charge on any atom is -0.238 e. The molecule has 1 aromatic heterocycles. The lowest BCUT2D eigenvalue weighted by Gasteiger charge is -2.12. The number of rotatable bonds is 2. The molecule has 0 amide bonds. The van der Waals surface area contributed by atoms with Gasteiger partial charge in [0.2, 0.25) is 0 Å². The maximum atomic E-state index is 7.69. The van der Waals surface area contributed by atoms with Gasteiger partial charge in [-0.25, -0.2) is 4.85 Å². The third-order valence-electron chi connectivity index (χ3n) is 9.62. The van der Waals surface area contributed by atoms with Gasteiger partial charge in [-0.2, -0.15) is 0 Å². The quantitative estimate of drug-likeness (QED) is 0.140. The van der Waals surface area contributed by atoms with Crippen molar-refractivity contribution >= 4 is 69.5 Å². The predicted molar refractivity (Wildman–Crippen MR) is 193 cm³/mol. The Balaban J connectivity index is 1.20. The summed E-state index contributed by atoms with van der Waals surface area (Å²) < 4.78 is 2.60. The van der Waals surface area contributed by atoms with Crippen LogP contribution in [-0.2, 0) is 0 Å². The maximum absolute atomic E-state index is 7.69. The molecule has 9 aromatic rings. The zero-order chi connectivity index (χ0) is 29.6. The van der Waals surface area contributed by atoms with E-state index >= 15 is 0 Å². The van der Waals surface area contributed by atoms with Gasteiger partial charge in [0, 0.05) is 20.2 Å². The number of hydrogen-bond acceptors (Lipinski definition) is 1. The van der Waals surface area contributed by atoms with Crippen LogP contribution in [-0.4, -0.2) is 0 Å². The molecule has 0 N–H and O–H groups in total. The Morgan fingerprint density at radius 3 is 2.02 bits per heavy atom. The van der Waals surface area contributed by atoms with Crippen LogP contribution in [0.5, 0.6) is 0 Å². The van der Waals surface area contributed by atoms with E-state index in [0.29, 0.717) is 5.69 Å².